The predicted molar refractivity (Wildman–Crippen MR) is 51.8 cm³/mol. The number of allylic oxidation sites excluding steroid dienone is 1. The summed E-state index contributed by atoms with van der Waals surface area (Å²) in [5, 5.41) is 3.52. The van der Waals surface area contributed by atoms with Gasteiger partial charge < -0.3 is 5.32 Å². The van der Waals surface area contributed by atoms with Crippen LogP contribution in [0.5, 0.6) is 0 Å². The maximum Gasteiger partial charge on any atom is 0.0182 e. The molecule has 1 atom stereocenters. The van der Waals surface area contributed by atoms with Gasteiger partial charge in [-0.2, -0.15) is 0 Å². The summed E-state index contributed by atoms with van der Waals surface area (Å²) in [6.45, 7) is 5.92. The van der Waals surface area contributed by atoms with Gasteiger partial charge in [-0.05, 0) is 43.1 Å². The zero-order valence-electron chi connectivity index (χ0n) is 8.19. The van der Waals surface area contributed by atoms with Gasteiger partial charge in [0.05, 0.1) is 0 Å². The summed E-state index contributed by atoms with van der Waals surface area (Å²) in [6, 6.07) is 0. The fourth-order valence-electron chi connectivity index (χ4n) is 2.68. The number of nitrogens with one attached hydrogen (secondary N) is 1. The maximum absolute atomic E-state index is 3.52. The van der Waals surface area contributed by atoms with Crippen LogP contribution in [0.4, 0.5) is 0 Å². The van der Waals surface area contributed by atoms with Crippen LogP contribution in [0.2, 0.25) is 0 Å². The molecule has 0 bridgehead atoms. The Bertz CT molecular complexity index is 203. The van der Waals surface area contributed by atoms with Crippen LogP contribution in [-0.4, -0.2) is 6.54 Å². The third kappa shape index (κ3) is 1.26. The summed E-state index contributed by atoms with van der Waals surface area (Å²) in [4.78, 5) is 0. The van der Waals surface area contributed by atoms with E-state index in [0.29, 0.717) is 0 Å². The van der Waals surface area contributed by atoms with Gasteiger partial charge in [-0.1, -0.05) is 13.8 Å². The summed E-state index contributed by atoms with van der Waals surface area (Å²) in [5.41, 5.74) is 3.36. The molecular formula is C11H19N. The highest BCUT2D eigenvalue weighted by molar-refractivity contribution is 5.23. The molecule has 0 amide bonds. The van der Waals surface area contributed by atoms with E-state index in [-0.39, 0.29) is 0 Å². The van der Waals surface area contributed by atoms with Crippen molar-refractivity contribution in [2.45, 2.75) is 39.5 Å². The second-order valence-corrected chi connectivity index (χ2v) is 4.42. The lowest BCUT2D eigenvalue weighted by Gasteiger charge is -2.27. The molecule has 0 spiro atoms. The minimum absolute atomic E-state index is 0.843. The zero-order valence-corrected chi connectivity index (χ0v) is 8.19. The van der Waals surface area contributed by atoms with Crippen LogP contribution in [-0.2, 0) is 0 Å². The van der Waals surface area contributed by atoms with Crippen molar-refractivity contribution in [2.75, 3.05) is 6.54 Å². The molecule has 2 aliphatic rings. The van der Waals surface area contributed by atoms with Crippen molar-refractivity contribution in [3.8, 4) is 0 Å². The Morgan fingerprint density at radius 3 is 2.92 bits per heavy atom. The van der Waals surface area contributed by atoms with Crippen LogP contribution >= 0.6 is 0 Å². The number of hydrogen-bond acceptors (Lipinski definition) is 1. The Morgan fingerprint density at radius 1 is 1.33 bits per heavy atom. The van der Waals surface area contributed by atoms with Crippen LogP contribution in [0.15, 0.2) is 11.3 Å². The molecule has 0 fully saturated rings. The SMILES string of the molecule is CC(C)C1CCCC2=C1CCN2. The fraction of sp³-hybridized carbons (Fsp3) is 0.818. The standard InChI is InChI=1S/C11H19N/c1-8(2)9-4-3-5-11-10(9)6-7-12-11/h8-9,12H,3-7H2,1-2H3. The molecule has 1 nitrogen and oxygen atoms in total. The van der Waals surface area contributed by atoms with Crippen molar-refractivity contribution < 1.29 is 0 Å². The van der Waals surface area contributed by atoms with Crippen LogP contribution in [0.3, 0.4) is 0 Å². The molecule has 1 unspecified atom stereocenters. The molecule has 1 heterocycles. The first-order chi connectivity index (χ1) is 5.79. The van der Waals surface area contributed by atoms with E-state index in [2.05, 4.69) is 19.2 Å². The molecule has 0 aromatic rings. The molecule has 2 rings (SSSR count). The van der Waals surface area contributed by atoms with Gasteiger partial charge in [0.15, 0.2) is 0 Å². The van der Waals surface area contributed by atoms with Crippen molar-refractivity contribution in [2.24, 2.45) is 11.8 Å². The van der Waals surface area contributed by atoms with E-state index in [9.17, 15) is 0 Å². The van der Waals surface area contributed by atoms with Crippen LogP contribution in [0.1, 0.15) is 39.5 Å². The van der Waals surface area contributed by atoms with E-state index in [1.807, 2.05) is 0 Å². The van der Waals surface area contributed by atoms with E-state index in [1.165, 1.54) is 32.2 Å². The number of rotatable bonds is 1. The predicted octanol–water partition coefficient (Wildman–Crippen LogP) is 2.69. The van der Waals surface area contributed by atoms with Crippen LogP contribution in [0, 0.1) is 11.8 Å². The first-order valence-electron chi connectivity index (χ1n) is 5.25. The minimum atomic E-state index is 0.843. The summed E-state index contributed by atoms with van der Waals surface area (Å²) in [6.07, 6.45) is 5.46. The highest BCUT2D eigenvalue weighted by atomic mass is 14.9. The first kappa shape index (κ1) is 8.15. The molecule has 1 heteroatoms. The Morgan fingerprint density at radius 2 is 2.17 bits per heavy atom. The van der Waals surface area contributed by atoms with Crippen molar-refractivity contribution in [1.29, 1.82) is 0 Å². The number of hydrogen-bond donors (Lipinski definition) is 1. The van der Waals surface area contributed by atoms with Gasteiger partial charge in [0, 0.05) is 12.2 Å². The van der Waals surface area contributed by atoms with E-state index in [1.54, 1.807) is 11.3 Å². The zero-order chi connectivity index (χ0) is 8.55. The normalized spacial score (nSPS) is 29.1. The van der Waals surface area contributed by atoms with Gasteiger partial charge in [0.25, 0.3) is 0 Å². The fourth-order valence-corrected chi connectivity index (χ4v) is 2.68. The lowest BCUT2D eigenvalue weighted by Crippen LogP contribution is -2.17. The topological polar surface area (TPSA) is 12.0 Å². The third-order valence-corrected chi connectivity index (χ3v) is 3.31. The molecule has 0 radical (unpaired) electrons. The van der Waals surface area contributed by atoms with Gasteiger partial charge in [-0.15, -0.1) is 0 Å². The van der Waals surface area contributed by atoms with Crippen molar-refractivity contribution in [1.82, 2.24) is 5.32 Å². The summed E-state index contributed by atoms with van der Waals surface area (Å²) < 4.78 is 0. The smallest absolute Gasteiger partial charge is 0.0182 e. The van der Waals surface area contributed by atoms with E-state index in [4.69, 9.17) is 0 Å². The Hall–Kier alpha value is -0.460. The first-order valence-corrected chi connectivity index (χ1v) is 5.25. The average molecular weight is 165 g/mol. The second kappa shape index (κ2) is 3.12. The summed E-state index contributed by atoms with van der Waals surface area (Å²) in [5.74, 6) is 1.74. The van der Waals surface area contributed by atoms with Crippen molar-refractivity contribution >= 4 is 0 Å². The second-order valence-electron chi connectivity index (χ2n) is 4.42. The quantitative estimate of drug-likeness (QED) is 0.630. The van der Waals surface area contributed by atoms with E-state index >= 15 is 0 Å². The van der Waals surface area contributed by atoms with Gasteiger partial charge in [0.1, 0.15) is 0 Å². The van der Waals surface area contributed by atoms with Gasteiger partial charge in [-0.3, -0.25) is 0 Å². The Kier molecular flexibility index (Phi) is 2.12. The molecule has 68 valence electrons. The van der Waals surface area contributed by atoms with E-state index in [0.717, 1.165) is 11.8 Å². The summed E-state index contributed by atoms with van der Waals surface area (Å²) >= 11 is 0. The third-order valence-electron chi connectivity index (χ3n) is 3.31. The van der Waals surface area contributed by atoms with Gasteiger partial charge in [0.2, 0.25) is 0 Å². The molecule has 0 aromatic heterocycles. The average Bonchev–Trinajstić information content (AvgIpc) is 2.49. The summed E-state index contributed by atoms with van der Waals surface area (Å²) in [7, 11) is 0. The highest BCUT2D eigenvalue weighted by Crippen LogP contribution is 2.37. The Balaban J connectivity index is 2.19. The molecule has 12 heavy (non-hydrogen) atoms. The largest absolute Gasteiger partial charge is 0.388 e. The van der Waals surface area contributed by atoms with Crippen molar-refractivity contribution in [3.05, 3.63) is 11.3 Å². The molecule has 0 saturated carbocycles. The maximum atomic E-state index is 3.52. The minimum Gasteiger partial charge on any atom is -0.388 e. The molecule has 1 aliphatic carbocycles. The van der Waals surface area contributed by atoms with Gasteiger partial charge in [-0.25, -0.2) is 0 Å². The van der Waals surface area contributed by atoms with Crippen LogP contribution in [0.25, 0.3) is 0 Å². The highest BCUT2D eigenvalue weighted by Gasteiger charge is 2.27. The lowest BCUT2D eigenvalue weighted by molar-refractivity contribution is 0.380. The molecule has 1 N–H and O–H groups in total. The molecule has 0 saturated heterocycles. The lowest BCUT2D eigenvalue weighted by atomic mass is 9.79. The van der Waals surface area contributed by atoms with Gasteiger partial charge >= 0.3 is 0 Å². The Labute approximate surface area is 75.2 Å². The van der Waals surface area contributed by atoms with E-state index < -0.39 is 0 Å². The van der Waals surface area contributed by atoms with Crippen molar-refractivity contribution in [3.63, 3.8) is 0 Å². The molecule has 1 aliphatic heterocycles. The van der Waals surface area contributed by atoms with Crippen LogP contribution < -0.4 is 5.32 Å². The monoisotopic (exact) mass is 165 g/mol. The molecule has 0 aromatic carbocycles. The molecular weight excluding hydrogens is 146 g/mol.